The van der Waals surface area contributed by atoms with Gasteiger partial charge < -0.3 is 0 Å². The molecular weight excluding hydrogens is 240 g/mol. The van der Waals surface area contributed by atoms with Crippen molar-refractivity contribution in [3.8, 4) is 0 Å². The molecule has 0 amide bonds. The summed E-state index contributed by atoms with van der Waals surface area (Å²) in [5.74, 6) is 0.775. The van der Waals surface area contributed by atoms with Gasteiger partial charge in [0, 0.05) is 5.88 Å². The lowest BCUT2D eigenvalue weighted by atomic mass is 9.76. The van der Waals surface area contributed by atoms with Gasteiger partial charge in [-0.3, -0.25) is 0 Å². The van der Waals surface area contributed by atoms with Crippen molar-refractivity contribution < 1.29 is 0 Å². The first-order chi connectivity index (χ1) is 8.56. The number of hydrogen-bond acceptors (Lipinski definition) is 0. The first-order valence-corrected chi connectivity index (χ1v) is 7.72. The molecule has 1 aromatic carbocycles. The van der Waals surface area contributed by atoms with Crippen molar-refractivity contribution in [2.24, 2.45) is 5.41 Å². The molecule has 102 valence electrons. The van der Waals surface area contributed by atoms with E-state index in [0.717, 1.165) is 12.3 Å². The third-order valence-corrected chi connectivity index (χ3v) is 4.73. The van der Waals surface area contributed by atoms with E-state index >= 15 is 0 Å². The van der Waals surface area contributed by atoms with Crippen LogP contribution in [0.15, 0.2) is 18.2 Å². The van der Waals surface area contributed by atoms with Crippen LogP contribution in [0.5, 0.6) is 0 Å². The smallest absolute Gasteiger partial charge is 0.0283 e. The summed E-state index contributed by atoms with van der Waals surface area (Å²) >= 11 is 6.30. The maximum atomic E-state index is 6.30. The van der Waals surface area contributed by atoms with Crippen LogP contribution in [-0.4, -0.2) is 5.88 Å². The number of hydrogen-bond donors (Lipinski definition) is 0. The van der Waals surface area contributed by atoms with Crippen LogP contribution in [-0.2, 0) is 6.42 Å². The third-order valence-electron chi connectivity index (χ3n) is 4.16. The van der Waals surface area contributed by atoms with Gasteiger partial charge in [0.15, 0.2) is 0 Å². The maximum absolute atomic E-state index is 6.30. The Balaban J connectivity index is 2.91. The second-order valence-electron chi connectivity index (χ2n) is 5.70. The van der Waals surface area contributed by atoms with E-state index in [4.69, 9.17) is 11.6 Å². The first-order valence-electron chi connectivity index (χ1n) is 7.19. The molecule has 0 N–H and O–H groups in total. The molecule has 0 radical (unpaired) electrons. The number of aryl methyl sites for hydroxylation is 2. The van der Waals surface area contributed by atoms with Gasteiger partial charge in [0.2, 0.25) is 0 Å². The molecule has 0 aliphatic heterocycles. The Morgan fingerprint density at radius 3 is 2.44 bits per heavy atom. The van der Waals surface area contributed by atoms with Crippen molar-refractivity contribution in [1.29, 1.82) is 0 Å². The fraction of sp³-hybridized carbons (Fsp3) is 0.647. The molecule has 1 heteroatoms. The minimum atomic E-state index is 0.288. The van der Waals surface area contributed by atoms with Gasteiger partial charge in [0.25, 0.3) is 0 Å². The summed E-state index contributed by atoms with van der Waals surface area (Å²) in [4.78, 5) is 0. The van der Waals surface area contributed by atoms with Gasteiger partial charge in [0.05, 0.1) is 0 Å². The molecule has 0 nitrogen and oxygen atoms in total. The van der Waals surface area contributed by atoms with Gasteiger partial charge in [-0.1, -0.05) is 50.5 Å². The Morgan fingerprint density at radius 1 is 1.17 bits per heavy atom. The summed E-state index contributed by atoms with van der Waals surface area (Å²) in [7, 11) is 0. The molecule has 0 spiro atoms. The molecule has 0 saturated heterocycles. The van der Waals surface area contributed by atoms with Crippen molar-refractivity contribution in [3.05, 3.63) is 34.9 Å². The van der Waals surface area contributed by atoms with Gasteiger partial charge in [-0.2, -0.15) is 0 Å². The normalized spacial score (nSPS) is 14.5. The number of rotatable bonds is 7. The van der Waals surface area contributed by atoms with Gasteiger partial charge >= 0.3 is 0 Å². The SMILES string of the molecule is CCCCC(CC)(CCl)Cc1cc(C)ccc1C. The molecular formula is C17H27Cl. The summed E-state index contributed by atoms with van der Waals surface area (Å²) in [6.45, 7) is 8.92. The highest BCUT2D eigenvalue weighted by molar-refractivity contribution is 6.18. The van der Waals surface area contributed by atoms with Crippen molar-refractivity contribution in [2.45, 2.75) is 59.8 Å². The number of halogens is 1. The number of alkyl halides is 1. The van der Waals surface area contributed by atoms with Crippen LogP contribution >= 0.6 is 11.6 Å². The van der Waals surface area contributed by atoms with Crippen LogP contribution in [0.2, 0.25) is 0 Å². The lowest BCUT2D eigenvalue weighted by molar-refractivity contribution is 0.278. The van der Waals surface area contributed by atoms with Crippen molar-refractivity contribution in [3.63, 3.8) is 0 Å². The fourth-order valence-corrected chi connectivity index (χ4v) is 2.96. The van der Waals surface area contributed by atoms with Gasteiger partial charge in [-0.15, -0.1) is 11.6 Å². The Morgan fingerprint density at radius 2 is 1.89 bits per heavy atom. The topological polar surface area (TPSA) is 0 Å². The molecule has 0 aromatic heterocycles. The zero-order chi connectivity index (χ0) is 13.6. The minimum absolute atomic E-state index is 0.288. The molecule has 1 aromatic rings. The van der Waals surface area contributed by atoms with Crippen molar-refractivity contribution in [2.75, 3.05) is 5.88 Å². The van der Waals surface area contributed by atoms with Gasteiger partial charge in [0.1, 0.15) is 0 Å². The zero-order valence-corrected chi connectivity index (χ0v) is 13.1. The van der Waals surface area contributed by atoms with Crippen LogP contribution in [0, 0.1) is 19.3 Å². The highest BCUT2D eigenvalue weighted by Gasteiger charge is 2.27. The molecule has 0 bridgehead atoms. The quantitative estimate of drug-likeness (QED) is 0.558. The molecule has 1 atom stereocenters. The Hall–Kier alpha value is -0.490. The lowest BCUT2D eigenvalue weighted by Crippen LogP contribution is -2.25. The predicted molar refractivity (Wildman–Crippen MR) is 82.6 cm³/mol. The van der Waals surface area contributed by atoms with Crippen LogP contribution < -0.4 is 0 Å². The molecule has 1 rings (SSSR count). The van der Waals surface area contributed by atoms with Crippen LogP contribution in [0.1, 0.15) is 56.2 Å². The second-order valence-corrected chi connectivity index (χ2v) is 5.96. The average molecular weight is 267 g/mol. The van der Waals surface area contributed by atoms with E-state index in [9.17, 15) is 0 Å². The third kappa shape index (κ3) is 4.02. The van der Waals surface area contributed by atoms with E-state index in [1.54, 1.807) is 0 Å². The standard InChI is InChI=1S/C17H27Cl/c1-5-7-10-17(6-2,13-18)12-16-11-14(3)8-9-15(16)4/h8-9,11H,5-7,10,12-13H2,1-4H3. The summed E-state index contributed by atoms with van der Waals surface area (Å²) in [5, 5.41) is 0. The molecule has 18 heavy (non-hydrogen) atoms. The van der Waals surface area contributed by atoms with Crippen molar-refractivity contribution >= 4 is 11.6 Å². The van der Waals surface area contributed by atoms with Gasteiger partial charge in [-0.25, -0.2) is 0 Å². The average Bonchev–Trinajstić information content (AvgIpc) is 2.39. The second kappa shape index (κ2) is 7.19. The molecule has 0 fully saturated rings. The molecule has 1 unspecified atom stereocenters. The number of benzene rings is 1. The summed E-state index contributed by atoms with van der Waals surface area (Å²) in [6, 6.07) is 6.76. The van der Waals surface area contributed by atoms with E-state index in [2.05, 4.69) is 45.9 Å². The van der Waals surface area contributed by atoms with E-state index < -0.39 is 0 Å². The van der Waals surface area contributed by atoms with Crippen LogP contribution in [0.3, 0.4) is 0 Å². The van der Waals surface area contributed by atoms with E-state index in [-0.39, 0.29) is 5.41 Å². The molecule has 0 saturated carbocycles. The van der Waals surface area contributed by atoms with E-state index in [1.165, 1.54) is 42.4 Å². The highest BCUT2D eigenvalue weighted by Crippen LogP contribution is 2.35. The molecule has 0 heterocycles. The fourth-order valence-electron chi connectivity index (χ4n) is 2.55. The Labute approximate surface area is 118 Å². The summed E-state index contributed by atoms with van der Waals surface area (Å²) in [6.07, 6.45) is 6.08. The van der Waals surface area contributed by atoms with E-state index in [0.29, 0.717) is 0 Å². The highest BCUT2D eigenvalue weighted by atomic mass is 35.5. The number of unbranched alkanes of at least 4 members (excludes halogenated alkanes) is 1. The molecule has 0 aliphatic carbocycles. The zero-order valence-electron chi connectivity index (χ0n) is 12.4. The monoisotopic (exact) mass is 266 g/mol. The van der Waals surface area contributed by atoms with E-state index in [1.807, 2.05) is 0 Å². The lowest BCUT2D eigenvalue weighted by Gasteiger charge is -2.31. The van der Waals surface area contributed by atoms with Crippen LogP contribution in [0.25, 0.3) is 0 Å². The first kappa shape index (κ1) is 15.6. The van der Waals surface area contributed by atoms with Crippen LogP contribution in [0.4, 0.5) is 0 Å². The summed E-state index contributed by atoms with van der Waals surface area (Å²) < 4.78 is 0. The largest absolute Gasteiger partial charge is 0.126 e. The molecule has 0 aliphatic rings. The Kier molecular flexibility index (Phi) is 6.21. The predicted octanol–water partition coefficient (Wildman–Crippen LogP) is 5.67. The van der Waals surface area contributed by atoms with Crippen molar-refractivity contribution in [1.82, 2.24) is 0 Å². The minimum Gasteiger partial charge on any atom is -0.126 e. The van der Waals surface area contributed by atoms with Gasteiger partial charge in [-0.05, 0) is 49.7 Å². The Bertz CT molecular complexity index is 364. The maximum Gasteiger partial charge on any atom is 0.0283 e. The summed E-state index contributed by atoms with van der Waals surface area (Å²) in [5.41, 5.74) is 4.52.